The summed E-state index contributed by atoms with van der Waals surface area (Å²) in [5.41, 5.74) is 0. The molecule has 14 heavy (non-hydrogen) atoms. The molecule has 0 spiro atoms. The van der Waals surface area contributed by atoms with Crippen LogP contribution in [0.1, 0.15) is 39.0 Å². The van der Waals surface area contributed by atoms with Gasteiger partial charge >= 0.3 is 0 Å². The van der Waals surface area contributed by atoms with Crippen molar-refractivity contribution in [3.05, 3.63) is 0 Å². The number of carbonyl (C=O) groups is 1. The first-order valence-electron chi connectivity index (χ1n) is 5.67. The van der Waals surface area contributed by atoms with Gasteiger partial charge in [0.1, 0.15) is 0 Å². The van der Waals surface area contributed by atoms with E-state index in [2.05, 4.69) is 12.2 Å². The molecular formula is C11H21NO2. The van der Waals surface area contributed by atoms with Crippen molar-refractivity contribution in [2.75, 3.05) is 19.8 Å². The summed E-state index contributed by atoms with van der Waals surface area (Å²) in [5, 5.41) is 2.95. The second kappa shape index (κ2) is 6.82. The lowest BCUT2D eigenvalue weighted by Gasteiger charge is -2.21. The molecule has 1 aliphatic heterocycles. The maximum atomic E-state index is 11.4. The van der Waals surface area contributed by atoms with Crippen molar-refractivity contribution in [1.82, 2.24) is 5.32 Å². The largest absolute Gasteiger partial charge is 0.381 e. The molecule has 1 heterocycles. The highest BCUT2D eigenvalue weighted by Crippen LogP contribution is 2.17. The van der Waals surface area contributed by atoms with Gasteiger partial charge in [-0.1, -0.05) is 13.3 Å². The zero-order chi connectivity index (χ0) is 10.2. The third kappa shape index (κ3) is 4.61. The predicted octanol–water partition coefficient (Wildman–Crippen LogP) is 1.72. The SMILES string of the molecule is CCCCNC(=O)CC1CCOCC1. The molecule has 1 fully saturated rings. The van der Waals surface area contributed by atoms with E-state index in [4.69, 9.17) is 4.74 Å². The molecule has 0 aliphatic carbocycles. The second-order valence-electron chi connectivity index (χ2n) is 3.96. The number of unbranched alkanes of at least 4 members (excludes halogenated alkanes) is 1. The number of rotatable bonds is 5. The van der Waals surface area contributed by atoms with E-state index in [1.54, 1.807) is 0 Å². The molecular weight excluding hydrogens is 178 g/mol. The van der Waals surface area contributed by atoms with E-state index in [1.807, 2.05) is 0 Å². The van der Waals surface area contributed by atoms with E-state index in [9.17, 15) is 4.79 Å². The highest BCUT2D eigenvalue weighted by molar-refractivity contribution is 5.76. The highest BCUT2D eigenvalue weighted by atomic mass is 16.5. The molecule has 0 radical (unpaired) electrons. The van der Waals surface area contributed by atoms with E-state index in [0.717, 1.165) is 45.4 Å². The zero-order valence-corrected chi connectivity index (χ0v) is 9.05. The number of amides is 1. The molecule has 82 valence electrons. The summed E-state index contributed by atoms with van der Waals surface area (Å²) >= 11 is 0. The summed E-state index contributed by atoms with van der Waals surface area (Å²) in [6.07, 6.45) is 4.99. The Kier molecular flexibility index (Phi) is 5.60. The molecule has 0 saturated carbocycles. The maximum absolute atomic E-state index is 11.4. The lowest BCUT2D eigenvalue weighted by atomic mass is 9.96. The molecule has 1 rings (SSSR count). The van der Waals surface area contributed by atoms with E-state index >= 15 is 0 Å². The van der Waals surface area contributed by atoms with Crippen molar-refractivity contribution in [2.45, 2.75) is 39.0 Å². The number of nitrogens with one attached hydrogen (secondary N) is 1. The third-order valence-electron chi connectivity index (χ3n) is 2.67. The van der Waals surface area contributed by atoms with Gasteiger partial charge in [-0.3, -0.25) is 4.79 Å². The number of ether oxygens (including phenoxy) is 1. The molecule has 3 heteroatoms. The molecule has 0 bridgehead atoms. The van der Waals surface area contributed by atoms with Crippen LogP contribution in [-0.4, -0.2) is 25.7 Å². The summed E-state index contributed by atoms with van der Waals surface area (Å²) < 4.78 is 5.25. The smallest absolute Gasteiger partial charge is 0.220 e. The quantitative estimate of drug-likeness (QED) is 0.685. The Bertz CT molecular complexity index is 165. The van der Waals surface area contributed by atoms with Crippen molar-refractivity contribution in [2.24, 2.45) is 5.92 Å². The first-order chi connectivity index (χ1) is 6.83. The van der Waals surface area contributed by atoms with E-state index in [0.29, 0.717) is 12.3 Å². The van der Waals surface area contributed by atoms with Gasteiger partial charge in [0.15, 0.2) is 0 Å². The van der Waals surface area contributed by atoms with Gasteiger partial charge in [0, 0.05) is 26.2 Å². The fraction of sp³-hybridized carbons (Fsp3) is 0.909. The predicted molar refractivity (Wildman–Crippen MR) is 56.1 cm³/mol. The van der Waals surface area contributed by atoms with Crippen LogP contribution in [0.4, 0.5) is 0 Å². The normalized spacial score (nSPS) is 18.1. The molecule has 1 saturated heterocycles. The van der Waals surface area contributed by atoms with Crippen molar-refractivity contribution in [3.63, 3.8) is 0 Å². The molecule has 1 amide bonds. The molecule has 3 nitrogen and oxygen atoms in total. The molecule has 0 aromatic heterocycles. The Morgan fingerprint density at radius 3 is 2.79 bits per heavy atom. The Morgan fingerprint density at radius 2 is 2.14 bits per heavy atom. The van der Waals surface area contributed by atoms with E-state index < -0.39 is 0 Å². The van der Waals surface area contributed by atoms with Crippen LogP contribution in [0.5, 0.6) is 0 Å². The van der Waals surface area contributed by atoms with E-state index in [-0.39, 0.29) is 5.91 Å². The highest BCUT2D eigenvalue weighted by Gasteiger charge is 2.16. The van der Waals surface area contributed by atoms with Crippen molar-refractivity contribution in [3.8, 4) is 0 Å². The molecule has 0 unspecified atom stereocenters. The summed E-state index contributed by atoms with van der Waals surface area (Å²) in [5.74, 6) is 0.760. The van der Waals surface area contributed by atoms with Gasteiger partial charge in [0.05, 0.1) is 0 Å². The molecule has 0 atom stereocenters. The van der Waals surface area contributed by atoms with Crippen LogP contribution in [-0.2, 0) is 9.53 Å². The lowest BCUT2D eigenvalue weighted by Crippen LogP contribution is -2.28. The Morgan fingerprint density at radius 1 is 1.43 bits per heavy atom. The second-order valence-corrected chi connectivity index (χ2v) is 3.96. The van der Waals surface area contributed by atoms with Crippen molar-refractivity contribution >= 4 is 5.91 Å². The Labute approximate surface area is 86.2 Å². The van der Waals surface area contributed by atoms with Crippen molar-refractivity contribution < 1.29 is 9.53 Å². The lowest BCUT2D eigenvalue weighted by molar-refractivity contribution is -0.122. The first-order valence-corrected chi connectivity index (χ1v) is 5.67. The van der Waals surface area contributed by atoms with Crippen LogP contribution < -0.4 is 5.32 Å². The minimum Gasteiger partial charge on any atom is -0.381 e. The summed E-state index contributed by atoms with van der Waals surface area (Å²) in [6, 6.07) is 0. The molecule has 1 aliphatic rings. The van der Waals surface area contributed by atoms with Gasteiger partial charge in [-0.15, -0.1) is 0 Å². The van der Waals surface area contributed by atoms with E-state index in [1.165, 1.54) is 0 Å². The van der Waals surface area contributed by atoms with Gasteiger partial charge in [-0.25, -0.2) is 0 Å². The van der Waals surface area contributed by atoms with Gasteiger partial charge < -0.3 is 10.1 Å². The maximum Gasteiger partial charge on any atom is 0.220 e. The summed E-state index contributed by atoms with van der Waals surface area (Å²) in [6.45, 7) is 4.61. The van der Waals surface area contributed by atoms with Crippen LogP contribution >= 0.6 is 0 Å². The van der Waals surface area contributed by atoms with Gasteiger partial charge in [-0.2, -0.15) is 0 Å². The fourth-order valence-corrected chi connectivity index (χ4v) is 1.69. The topological polar surface area (TPSA) is 38.3 Å². The Hall–Kier alpha value is -0.570. The van der Waals surface area contributed by atoms with Gasteiger partial charge in [0.25, 0.3) is 0 Å². The third-order valence-corrected chi connectivity index (χ3v) is 2.67. The standard InChI is InChI=1S/C11H21NO2/c1-2-3-6-12-11(13)9-10-4-7-14-8-5-10/h10H,2-9H2,1H3,(H,12,13). The van der Waals surface area contributed by atoms with Crippen LogP contribution in [0.15, 0.2) is 0 Å². The average molecular weight is 199 g/mol. The molecule has 1 N–H and O–H groups in total. The van der Waals surface area contributed by atoms with Crippen LogP contribution in [0, 0.1) is 5.92 Å². The van der Waals surface area contributed by atoms with Gasteiger partial charge in [-0.05, 0) is 25.2 Å². The number of hydrogen-bond acceptors (Lipinski definition) is 2. The molecule has 0 aromatic carbocycles. The fourth-order valence-electron chi connectivity index (χ4n) is 1.69. The first kappa shape index (κ1) is 11.5. The average Bonchev–Trinajstić information content (AvgIpc) is 2.20. The molecule has 0 aromatic rings. The van der Waals surface area contributed by atoms with Crippen LogP contribution in [0.3, 0.4) is 0 Å². The van der Waals surface area contributed by atoms with Crippen LogP contribution in [0.25, 0.3) is 0 Å². The number of hydrogen-bond donors (Lipinski definition) is 1. The zero-order valence-electron chi connectivity index (χ0n) is 9.05. The number of carbonyl (C=O) groups excluding carboxylic acids is 1. The minimum absolute atomic E-state index is 0.213. The van der Waals surface area contributed by atoms with Crippen molar-refractivity contribution in [1.29, 1.82) is 0 Å². The summed E-state index contributed by atoms with van der Waals surface area (Å²) in [7, 11) is 0. The summed E-state index contributed by atoms with van der Waals surface area (Å²) in [4.78, 5) is 11.4. The minimum atomic E-state index is 0.213. The Balaban J connectivity index is 2.06. The monoisotopic (exact) mass is 199 g/mol. The van der Waals surface area contributed by atoms with Gasteiger partial charge in [0.2, 0.25) is 5.91 Å². The van der Waals surface area contributed by atoms with Crippen LogP contribution in [0.2, 0.25) is 0 Å².